The summed E-state index contributed by atoms with van der Waals surface area (Å²) in [6.07, 6.45) is 1.28. The molecule has 0 saturated heterocycles. The Labute approximate surface area is 134 Å². The lowest BCUT2D eigenvalue weighted by atomic mass is 10.2. The van der Waals surface area contributed by atoms with Gasteiger partial charge < -0.3 is 14.6 Å². The molecule has 0 amide bonds. The van der Waals surface area contributed by atoms with E-state index in [4.69, 9.17) is 9.47 Å². The van der Waals surface area contributed by atoms with Crippen molar-refractivity contribution in [3.8, 4) is 17.2 Å². The topological polar surface area (TPSA) is 97.2 Å². The number of hydrogen-bond donors (Lipinski definition) is 2. The molecule has 0 aliphatic rings. The highest BCUT2D eigenvalue weighted by molar-refractivity contribution is 7.89. The van der Waals surface area contributed by atoms with Gasteiger partial charge in [-0.3, -0.25) is 0 Å². The summed E-state index contributed by atoms with van der Waals surface area (Å²) in [5.74, 6) is 0.241. The summed E-state index contributed by atoms with van der Waals surface area (Å²) in [6, 6.07) is 10.9. The molecule has 2 aromatic carbocycles. The van der Waals surface area contributed by atoms with Crippen molar-refractivity contribution in [2.45, 2.75) is 4.90 Å². The number of phenolic OH excluding ortho intramolecular Hbond substituents is 1. The summed E-state index contributed by atoms with van der Waals surface area (Å²) in [4.78, 5) is 2.22. The lowest BCUT2D eigenvalue weighted by Crippen LogP contribution is -2.18. The van der Waals surface area contributed by atoms with Gasteiger partial charge in [-0.05, 0) is 24.3 Å². The lowest BCUT2D eigenvalue weighted by Gasteiger charge is -2.09. The zero-order valence-electron chi connectivity index (χ0n) is 12.6. The molecule has 0 radical (unpaired) electrons. The summed E-state index contributed by atoms with van der Waals surface area (Å²) in [5.41, 5.74) is 0.493. The zero-order chi connectivity index (χ0) is 16.9. The number of sulfonamides is 1. The first-order chi connectivity index (χ1) is 11.0. The molecule has 2 aromatic rings. The fourth-order valence-corrected chi connectivity index (χ4v) is 2.62. The van der Waals surface area contributed by atoms with E-state index in [-0.39, 0.29) is 22.1 Å². The maximum atomic E-state index is 12.0. The van der Waals surface area contributed by atoms with Gasteiger partial charge in [0.25, 0.3) is 10.0 Å². The van der Waals surface area contributed by atoms with E-state index in [0.29, 0.717) is 5.56 Å². The number of methoxy groups -OCH3 is 2. The van der Waals surface area contributed by atoms with Crippen LogP contribution in [0.15, 0.2) is 52.5 Å². The predicted molar refractivity (Wildman–Crippen MR) is 85.6 cm³/mol. The highest BCUT2D eigenvalue weighted by atomic mass is 32.2. The van der Waals surface area contributed by atoms with Crippen LogP contribution >= 0.6 is 0 Å². The van der Waals surface area contributed by atoms with Crippen molar-refractivity contribution in [1.82, 2.24) is 4.83 Å². The van der Waals surface area contributed by atoms with Crippen molar-refractivity contribution in [3.05, 3.63) is 48.0 Å². The average molecular weight is 336 g/mol. The predicted octanol–water partition coefficient (Wildman–Crippen LogP) is 1.72. The molecule has 7 nitrogen and oxygen atoms in total. The second-order valence-corrected chi connectivity index (χ2v) is 6.10. The quantitative estimate of drug-likeness (QED) is 0.618. The van der Waals surface area contributed by atoms with Crippen LogP contribution in [0, 0.1) is 0 Å². The first-order valence-electron chi connectivity index (χ1n) is 6.53. The van der Waals surface area contributed by atoms with E-state index < -0.39 is 10.0 Å². The van der Waals surface area contributed by atoms with Crippen LogP contribution in [0.1, 0.15) is 5.56 Å². The van der Waals surface area contributed by atoms with Gasteiger partial charge in [-0.15, -0.1) is 0 Å². The van der Waals surface area contributed by atoms with Gasteiger partial charge in [-0.2, -0.15) is 13.5 Å². The Morgan fingerprint density at radius 3 is 2.17 bits per heavy atom. The monoisotopic (exact) mass is 336 g/mol. The fourth-order valence-electron chi connectivity index (χ4n) is 1.81. The second-order valence-electron chi connectivity index (χ2n) is 4.44. The number of aromatic hydroxyl groups is 1. The maximum Gasteiger partial charge on any atom is 0.276 e. The number of hydrogen-bond acceptors (Lipinski definition) is 6. The number of nitrogens with zero attached hydrogens (tertiary/aromatic N) is 1. The molecule has 0 aliphatic heterocycles. The van der Waals surface area contributed by atoms with Crippen LogP contribution in [-0.2, 0) is 10.0 Å². The molecule has 0 aliphatic carbocycles. The Morgan fingerprint density at radius 1 is 1.09 bits per heavy atom. The van der Waals surface area contributed by atoms with Crippen molar-refractivity contribution >= 4 is 16.2 Å². The van der Waals surface area contributed by atoms with Gasteiger partial charge in [-0.1, -0.05) is 18.2 Å². The van der Waals surface area contributed by atoms with Crippen molar-refractivity contribution < 1.29 is 23.0 Å². The molecule has 0 heterocycles. The SMILES string of the molecule is COc1cc(/C=N/NS(=O)(=O)c2ccccc2)cc(OC)c1O. The van der Waals surface area contributed by atoms with Crippen molar-refractivity contribution in [1.29, 1.82) is 0 Å². The third-order valence-electron chi connectivity index (χ3n) is 2.94. The van der Waals surface area contributed by atoms with E-state index in [0.717, 1.165) is 0 Å². The molecule has 2 rings (SSSR count). The number of ether oxygens (including phenoxy) is 2. The largest absolute Gasteiger partial charge is 0.502 e. The summed E-state index contributed by atoms with van der Waals surface area (Å²) in [7, 11) is -0.937. The van der Waals surface area contributed by atoms with E-state index in [1.165, 1.54) is 44.7 Å². The third-order valence-corrected chi connectivity index (χ3v) is 4.18. The van der Waals surface area contributed by atoms with E-state index in [2.05, 4.69) is 9.93 Å². The molecule has 122 valence electrons. The zero-order valence-corrected chi connectivity index (χ0v) is 13.4. The number of nitrogens with one attached hydrogen (secondary N) is 1. The molecular formula is C15H16N2O5S. The van der Waals surface area contributed by atoms with Gasteiger partial charge >= 0.3 is 0 Å². The number of rotatable bonds is 6. The molecule has 0 bridgehead atoms. The van der Waals surface area contributed by atoms with Crippen LogP contribution in [0.4, 0.5) is 0 Å². The molecule has 2 N–H and O–H groups in total. The van der Waals surface area contributed by atoms with Crippen molar-refractivity contribution in [2.75, 3.05) is 14.2 Å². The van der Waals surface area contributed by atoms with E-state index in [1.807, 2.05) is 0 Å². The standard InChI is InChI=1S/C15H16N2O5S/c1-21-13-8-11(9-14(22-2)15(13)18)10-16-17-23(19,20)12-6-4-3-5-7-12/h3-10,17-18H,1-2H3/b16-10+. The van der Waals surface area contributed by atoms with Gasteiger partial charge in [0.15, 0.2) is 11.5 Å². The fraction of sp³-hybridized carbons (Fsp3) is 0.133. The maximum absolute atomic E-state index is 12.0. The minimum absolute atomic E-state index is 0.109. The molecule has 0 atom stereocenters. The second kappa shape index (κ2) is 7.01. The van der Waals surface area contributed by atoms with Gasteiger partial charge in [-0.25, -0.2) is 4.83 Å². The van der Waals surface area contributed by atoms with Gasteiger partial charge in [0, 0.05) is 5.56 Å². The Bertz CT molecular complexity index is 779. The van der Waals surface area contributed by atoms with Crippen molar-refractivity contribution in [3.63, 3.8) is 0 Å². The van der Waals surface area contributed by atoms with Crippen LogP contribution < -0.4 is 14.3 Å². The van der Waals surface area contributed by atoms with Crippen LogP contribution in [-0.4, -0.2) is 34.0 Å². The summed E-state index contributed by atoms with van der Waals surface area (Å²) < 4.78 is 34.0. The molecule has 0 fully saturated rings. The molecule has 0 unspecified atom stereocenters. The smallest absolute Gasteiger partial charge is 0.276 e. The number of benzene rings is 2. The van der Waals surface area contributed by atoms with E-state index >= 15 is 0 Å². The number of hydrazone groups is 1. The first kappa shape index (κ1) is 16.6. The van der Waals surface area contributed by atoms with E-state index in [9.17, 15) is 13.5 Å². The Kier molecular flexibility index (Phi) is 5.07. The van der Waals surface area contributed by atoms with Gasteiger partial charge in [0.2, 0.25) is 5.75 Å². The van der Waals surface area contributed by atoms with Crippen LogP contribution in [0.3, 0.4) is 0 Å². The normalized spacial score (nSPS) is 11.4. The first-order valence-corrected chi connectivity index (χ1v) is 8.01. The Balaban J connectivity index is 2.21. The molecule has 0 saturated carbocycles. The Hall–Kier alpha value is -2.74. The Morgan fingerprint density at radius 2 is 1.65 bits per heavy atom. The molecular weight excluding hydrogens is 320 g/mol. The van der Waals surface area contributed by atoms with Gasteiger partial charge in [0.1, 0.15) is 0 Å². The van der Waals surface area contributed by atoms with Gasteiger partial charge in [0.05, 0.1) is 25.3 Å². The van der Waals surface area contributed by atoms with Crippen LogP contribution in [0.5, 0.6) is 17.2 Å². The molecule has 0 aromatic heterocycles. The summed E-state index contributed by atoms with van der Waals surface area (Å²) in [6.45, 7) is 0. The lowest BCUT2D eigenvalue weighted by molar-refractivity contribution is 0.340. The third kappa shape index (κ3) is 3.92. The highest BCUT2D eigenvalue weighted by Crippen LogP contribution is 2.36. The number of phenols is 1. The van der Waals surface area contributed by atoms with Crippen LogP contribution in [0.25, 0.3) is 0 Å². The highest BCUT2D eigenvalue weighted by Gasteiger charge is 2.12. The molecule has 8 heteroatoms. The molecule has 0 spiro atoms. The summed E-state index contributed by atoms with van der Waals surface area (Å²) >= 11 is 0. The van der Waals surface area contributed by atoms with Crippen molar-refractivity contribution in [2.24, 2.45) is 5.10 Å². The average Bonchev–Trinajstić information content (AvgIpc) is 2.56. The summed E-state index contributed by atoms with van der Waals surface area (Å²) in [5, 5.41) is 13.5. The van der Waals surface area contributed by atoms with Crippen LogP contribution in [0.2, 0.25) is 0 Å². The minimum atomic E-state index is -3.73. The minimum Gasteiger partial charge on any atom is -0.502 e. The molecule has 23 heavy (non-hydrogen) atoms. The van der Waals surface area contributed by atoms with E-state index in [1.54, 1.807) is 18.2 Å².